The molecule has 0 saturated carbocycles. The van der Waals surface area contributed by atoms with Gasteiger partial charge in [-0.3, -0.25) is 4.79 Å². The average Bonchev–Trinajstić information content (AvgIpc) is 2.57. The molecular weight excluding hydrogens is 222 g/mol. The van der Waals surface area contributed by atoms with E-state index in [1.54, 1.807) is 18.4 Å². The van der Waals surface area contributed by atoms with Crippen molar-refractivity contribution < 1.29 is 4.79 Å². The van der Waals surface area contributed by atoms with Gasteiger partial charge in [-0.2, -0.15) is 0 Å². The van der Waals surface area contributed by atoms with E-state index >= 15 is 0 Å². The number of nitrogens with zero attached hydrogens (tertiary/aromatic N) is 1. The summed E-state index contributed by atoms with van der Waals surface area (Å²) in [6.07, 6.45) is 0.503. The fraction of sp³-hybridized carbons (Fsp3) is 0.636. The lowest BCUT2D eigenvalue weighted by atomic mass is 10.2. The van der Waals surface area contributed by atoms with E-state index < -0.39 is 0 Å². The summed E-state index contributed by atoms with van der Waals surface area (Å²) in [5, 5.41) is 6.99. The Morgan fingerprint density at radius 1 is 1.50 bits per heavy atom. The van der Waals surface area contributed by atoms with Gasteiger partial charge in [0.15, 0.2) is 0 Å². The third kappa shape index (κ3) is 3.57. The van der Waals surface area contributed by atoms with Crippen molar-refractivity contribution >= 4 is 17.2 Å². The van der Waals surface area contributed by atoms with Crippen molar-refractivity contribution in [1.29, 1.82) is 0 Å². The number of amides is 1. The Morgan fingerprint density at radius 3 is 2.69 bits per heavy atom. The van der Waals surface area contributed by atoms with Crippen LogP contribution in [-0.4, -0.2) is 24.5 Å². The van der Waals surface area contributed by atoms with Gasteiger partial charge < -0.3 is 10.6 Å². The molecule has 1 amide bonds. The summed E-state index contributed by atoms with van der Waals surface area (Å²) in [5.41, 5.74) is 1.10. The van der Waals surface area contributed by atoms with Gasteiger partial charge in [0.25, 0.3) is 0 Å². The summed E-state index contributed by atoms with van der Waals surface area (Å²) in [6, 6.07) is 0.203. The summed E-state index contributed by atoms with van der Waals surface area (Å²) in [7, 11) is 1.65. The Morgan fingerprint density at radius 2 is 2.19 bits per heavy atom. The van der Waals surface area contributed by atoms with Crippen molar-refractivity contribution in [3.05, 3.63) is 15.6 Å². The first-order valence-corrected chi connectivity index (χ1v) is 6.24. The molecule has 1 aromatic rings. The van der Waals surface area contributed by atoms with Gasteiger partial charge in [0, 0.05) is 30.9 Å². The first-order valence-electron chi connectivity index (χ1n) is 5.42. The van der Waals surface area contributed by atoms with Crippen LogP contribution in [-0.2, 0) is 4.79 Å². The average molecular weight is 241 g/mol. The smallest absolute Gasteiger partial charge is 0.221 e. The van der Waals surface area contributed by atoms with E-state index in [1.807, 2.05) is 6.92 Å². The molecule has 4 nitrogen and oxygen atoms in total. The van der Waals surface area contributed by atoms with Crippen LogP contribution in [0.4, 0.5) is 0 Å². The number of aryl methyl sites for hydroxylation is 2. The molecule has 1 rings (SSSR count). The highest BCUT2D eigenvalue weighted by Crippen LogP contribution is 2.22. The standard InChI is InChI=1S/C11H19N3OS/c1-7(13-6-5-10(15)12-4)11-8(2)16-9(3)14-11/h7,13H,5-6H2,1-4H3,(H,12,15). The van der Waals surface area contributed by atoms with Crippen LogP contribution in [0.25, 0.3) is 0 Å². The fourth-order valence-electron chi connectivity index (χ4n) is 1.57. The number of aromatic nitrogens is 1. The van der Waals surface area contributed by atoms with Crippen LogP contribution in [0, 0.1) is 13.8 Å². The monoisotopic (exact) mass is 241 g/mol. The summed E-state index contributed by atoms with van der Waals surface area (Å²) in [5.74, 6) is 0.0610. The number of thiazole rings is 1. The molecule has 1 atom stereocenters. The van der Waals surface area contributed by atoms with E-state index in [9.17, 15) is 4.79 Å². The number of hydrogen-bond donors (Lipinski definition) is 2. The molecule has 0 fully saturated rings. The van der Waals surface area contributed by atoms with Crippen LogP contribution in [0.15, 0.2) is 0 Å². The normalized spacial score (nSPS) is 12.5. The molecule has 5 heteroatoms. The first-order chi connectivity index (χ1) is 7.54. The molecule has 0 saturated heterocycles. The molecule has 90 valence electrons. The van der Waals surface area contributed by atoms with E-state index in [0.29, 0.717) is 13.0 Å². The van der Waals surface area contributed by atoms with Crippen molar-refractivity contribution in [2.45, 2.75) is 33.2 Å². The van der Waals surface area contributed by atoms with Crippen molar-refractivity contribution in [2.75, 3.05) is 13.6 Å². The molecule has 2 N–H and O–H groups in total. The molecular formula is C11H19N3OS. The summed E-state index contributed by atoms with van der Waals surface area (Å²) in [4.78, 5) is 16.8. The fourth-order valence-corrected chi connectivity index (χ4v) is 2.48. The van der Waals surface area contributed by atoms with Gasteiger partial charge in [0.1, 0.15) is 0 Å². The lowest BCUT2D eigenvalue weighted by Gasteiger charge is -2.12. The molecule has 16 heavy (non-hydrogen) atoms. The van der Waals surface area contributed by atoms with Crippen molar-refractivity contribution in [3.63, 3.8) is 0 Å². The van der Waals surface area contributed by atoms with Gasteiger partial charge in [-0.15, -0.1) is 11.3 Å². The van der Waals surface area contributed by atoms with Crippen LogP contribution in [0.3, 0.4) is 0 Å². The number of hydrogen-bond acceptors (Lipinski definition) is 4. The molecule has 0 aliphatic carbocycles. The zero-order valence-electron chi connectivity index (χ0n) is 10.3. The zero-order chi connectivity index (χ0) is 12.1. The second kappa shape index (κ2) is 5.96. The lowest BCUT2D eigenvalue weighted by molar-refractivity contribution is -0.120. The Labute approximate surface area is 100 Å². The minimum atomic E-state index is 0.0610. The SMILES string of the molecule is CNC(=O)CCNC(C)c1nc(C)sc1C. The second-order valence-corrected chi connectivity index (χ2v) is 5.18. The predicted octanol–water partition coefficient (Wildman–Crippen LogP) is 1.55. The number of nitrogens with one attached hydrogen (secondary N) is 2. The largest absolute Gasteiger partial charge is 0.359 e. The van der Waals surface area contributed by atoms with Crippen molar-refractivity contribution in [1.82, 2.24) is 15.6 Å². The van der Waals surface area contributed by atoms with E-state index in [-0.39, 0.29) is 11.9 Å². The minimum absolute atomic E-state index is 0.0610. The van der Waals surface area contributed by atoms with Gasteiger partial charge in [-0.05, 0) is 20.8 Å². The topological polar surface area (TPSA) is 54.0 Å². The number of carbonyl (C=O) groups excluding carboxylic acids is 1. The quantitative estimate of drug-likeness (QED) is 0.822. The number of carbonyl (C=O) groups is 1. The van der Waals surface area contributed by atoms with E-state index in [1.165, 1.54) is 4.88 Å². The Kier molecular flexibility index (Phi) is 4.89. The highest BCUT2D eigenvalue weighted by molar-refractivity contribution is 7.11. The molecule has 1 unspecified atom stereocenters. The maximum absolute atomic E-state index is 11.0. The Bertz CT molecular complexity index is 362. The summed E-state index contributed by atoms with van der Waals surface area (Å²) < 4.78 is 0. The number of rotatable bonds is 5. The van der Waals surface area contributed by atoms with Crippen LogP contribution in [0.1, 0.15) is 35.0 Å². The third-order valence-corrected chi connectivity index (χ3v) is 3.33. The molecule has 0 aromatic carbocycles. The minimum Gasteiger partial charge on any atom is -0.359 e. The van der Waals surface area contributed by atoms with Gasteiger partial charge in [-0.25, -0.2) is 4.98 Å². The molecule has 0 aliphatic heterocycles. The van der Waals surface area contributed by atoms with Crippen molar-refractivity contribution in [3.8, 4) is 0 Å². The maximum atomic E-state index is 11.0. The second-order valence-electron chi connectivity index (χ2n) is 3.77. The first kappa shape index (κ1) is 13.1. The van der Waals surface area contributed by atoms with E-state index in [0.717, 1.165) is 10.7 Å². The predicted molar refractivity (Wildman–Crippen MR) is 66.7 cm³/mol. The summed E-state index contributed by atoms with van der Waals surface area (Å²) >= 11 is 1.71. The molecule has 1 heterocycles. The molecule has 0 radical (unpaired) electrons. The lowest BCUT2D eigenvalue weighted by Crippen LogP contribution is -2.26. The van der Waals surface area contributed by atoms with Gasteiger partial charge in [0.05, 0.1) is 10.7 Å². The Hall–Kier alpha value is -0.940. The van der Waals surface area contributed by atoms with Crippen LogP contribution < -0.4 is 10.6 Å². The Balaban J connectivity index is 2.43. The molecule has 0 aliphatic rings. The molecule has 1 aromatic heterocycles. The van der Waals surface area contributed by atoms with Gasteiger partial charge >= 0.3 is 0 Å². The van der Waals surface area contributed by atoms with Crippen LogP contribution in [0.2, 0.25) is 0 Å². The maximum Gasteiger partial charge on any atom is 0.221 e. The van der Waals surface area contributed by atoms with E-state index in [2.05, 4.69) is 29.5 Å². The van der Waals surface area contributed by atoms with Crippen LogP contribution in [0.5, 0.6) is 0 Å². The van der Waals surface area contributed by atoms with Gasteiger partial charge in [0.2, 0.25) is 5.91 Å². The summed E-state index contributed by atoms with van der Waals surface area (Å²) in [6.45, 7) is 6.84. The van der Waals surface area contributed by atoms with Crippen molar-refractivity contribution in [2.24, 2.45) is 0 Å². The molecule has 0 spiro atoms. The third-order valence-electron chi connectivity index (χ3n) is 2.43. The van der Waals surface area contributed by atoms with E-state index in [4.69, 9.17) is 0 Å². The van der Waals surface area contributed by atoms with Crippen LogP contribution >= 0.6 is 11.3 Å². The molecule has 0 bridgehead atoms. The highest BCUT2D eigenvalue weighted by Gasteiger charge is 2.12. The van der Waals surface area contributed by atoms with Gasteiger partial charge in [-0.1, -0.05) is 0 Å². The highest BCUT2D eigenvalue weighted by atomic mass is 32.1. The zero-order valence-corrected chi connectivity index (χ0v) is 11.1.